The van der Waals surface area contributed by atoms with E-state index < -0.39 is 47.5 Å². The summed E-state index contributed by atoms with van der Waals surface area (Å²) in [6.45, 7) is 3.57. The summed E-state index contributed by atoms with van der Waals surface area (Å²) in [6, 6.07) is 6.88. The van der Waals surface area contributed by atoms with Gasteiger partial charge in [0.2, 0.25) is 0 Å². The molecule has 2 heterocycles. The topological polar surface area (TPSA) is 183 Å². The molecule has 2 aliphatic heterocycles. The molecule has 13 nitrogen and oxygen atoms in total. The zero-order valence-electron chi connectivity index (χ0n) is 20.8. The van der Waals surface area contributed by atoms with Crippen LogP contribution in [0.3, 0.4) is 0 Å². The van der Waals surface area contributed by atoms with E-state index in [1.807, 2.05) is 0 Å². The number of benzene rings is 2. The average molecular weight is 688 g/mol. The second-order valence-electron chi connectivity index (χ2n) is 8.65. The number of nitrogens with zero attached hydrogens (tertiary/aromatic N) is 2. The molecule has 39 heavy (non-hydrogen) atoms. The van der Waals surface area contributed by atoms with Crippen molar-refractivity contribution in [1.82, 2.24) is 20.8 Å². The fourth-order valence-corrected chi connectivity index (χ4v) is 3.86. The van der Waals surface area contributed by atoms with Gasteiger partial charge in [-0.05, 0) is 50.2 Å². The van der Waals surface area contributed by atoms with Crippen molar-refractivity contribution in [1.29, 1.82) is 0 Å². The van der Waals surface area contributed by atoms with Crippen LogP contribution in [-0.2, 0) is 70.2 Å². The van der Waals surface area contributed by atoms with E-state index in [0.29, 0.717) is 0 Å². The Morgan fingerprint density at radius 1 is 0.692 bits per heavy atom. The van der Waals surface area contributed by atoms with Crippen LogP contribution in [0.4, 0.5) is 0 Å². The molecular formula is C24H22N4O9Y2. The van der Waals surface area contributed by atoms with E-state index in [0.717, 1.165) is 0 Å². The van der Waals surface area contributed by atoms with Crippen LogP contribution in [0.2, 0.25) is 0 Å². The molecule has 2 aromatic rings. The molecule has 4 N–H and O–H groups in total. The quantitative estimate of drug-likeness (QED) is 0.228. The number of rotatable bonds is 8. The van der Waals surface area contributed by atoms with Crippen molar-refractivity contribution < 1.29 is 109 Å². The van der Waals surface area contributed by atoms with Gasteiger partial charge >= 0.3 is 0 Å². The van der Waals surface area contributed by atoms with Gasteiger partial charge in [-0.3, -0.25) is 39.2 Å². The van der Waals surface area contributed by atoms with Gasteiger partial charge in [0.25, 0.3) is 35.4 Å². The average Bonchev–Trinajstić information content (AvgIpc) is 3.22. The van der Waals surface area contributed by atoms with Gasteiger partial charge in [-0.15, -0.1) is 10.1 Å². The van der Waals surface area contributed by atoms with Crippen LogP contribution in [0.1, 0.15) is 76.0 Å². The number of hydroxylamine groups is 4. The molecule has 15 heteroatoms. The number of imide groups is 2. The zero-order valence-corrected chi connectivity index (χ0v) is 26.5. The molecule has 0 aliphatic carbocycles. The summed E-state index contributed by atoms with van der Waals surface area (Å²) < 4.78 is 5.56. The molecule has 2 aromatic carbocycles. The van der Waals surface area contributed by atoms with Crippen LogP contribution < -0.4 is 10.6 Å². The van der Waals surface area contributed by atoms with Crippen molar-refractivity contribution in [3.63, 3.8) is 0 Å². The number of ether oxygens (including phenoxy) is 1. The summed E-state index contributed by atoms with van der Waals surface area (Å²) in [5, 5.41) is 24.3. The predicted octanol–water partition coefficient (Wildman–Crippen LogP) is 0.605. The monoisotopic (exact) mass is 688 g/mol. The Hall–Kier alpha value is -2.25. The van der Waals surface area contributed by atoms with Crippen LogP contribution in [0.5, 0.6) is 0 Å². The Morgan fingerprint density at radius 3 is 1.38 bits per heavy atom. The molecule has 198 valence electrons. The van der Waals surface area contributed by atoms with E-state index in [4.69, 9.17) is 4.74 Å². The number of fused-ring (bicyclic) bond motifs is 2. The third-order valence-electron chi connectivity index (χ3n) is 5.75. The molecule has 2 atom stereocenters. The van der Waals surface area contributed by atoms with Gasteiger partial charge in [-0.1, -0.05) is 0 Å². The molecule has 2 radical (unpaired) electrons. The van der Waals surface area contributed by atoms with E-state index in [9.17, 15) is 39.2 Å². The summed E-state index contributed by atoms with van der Waals surface area (Å²) in [5.41, 5.74) is 0.130. The Kier molecular flexibility index (Phi) is 11.3. The van der Waals surface area contributed by atoms with Crippen LogP contribution in [0.15, 0.2) is 36.4 Å². The van der Waals surface area contributed by atoms with Crippen molar-refractivity contribution in [2.75, 3.05) is 13.2 Å². The van der Waals surface area contributed by atoms with Crippen molar-refractivity contribution in [3.8, 4) is 0 Å². The molecular weight excluding hydrogens is 666 g/mol. The first-order valence-electron chi connectivity index (χ1n) is 11.1. The van der Waals surface area contributed by atoms with Crippen LogP contribution in [-0.4, -0.2) is 81.3 Å². The van der Waals surface area contributed by atoms with E-state index in [-0.39, 0.29) is 122 Å². The number of hydrogen-bond acceptors (Lipinski definition) is 9. The van der Waals surface area contributed by atoms with E-state index in [2.05, 4.69) is 10.6 Å². The Morgan fingerprint density at radius 2 is 1.03 bits per heavy atom. The SMILES string of the molecule is CC(COCC(C)NC(=O)c1ccc2c(c1)C(=O)N(O)C2=O)NC(=O)c1ccc2c(c1)C(=O)N(O)C2=O.[Y].[Y]. The molecule has 0 bridgehead atoms. The van der Waals surface area contributed by atoms with Crippen molar-refractivity contribution in [2.24, 2.45) is 0 Å². The fraction of sp³-hybridized carbons (Fsp3) is 0.250. The minimum atomic E-state index is -0.905. The maximum atomic E-state index is 12.5. The second kappa shape index (κ2) is 13.4. The van der Waals surface area contributed by atoms with Crippen molar-refractivity contribution in [3.05, 3.63) is 69.8 Å². The molecule has 0 spiro atoms. The smallest absolute Gasteiger partial charge is 0.285 e. The molecule has 0 saturated heterocycles. The first-order valence-corrected chi connectivity index (χ1v) is 11.1. The molecule has 0 fully saturated rings. The summed E-state index contributed by atoms with van der Waals surface area (Å²) in [7, 11) is 0. The number of hydrogen-bond donors (Lipinski definition) is 4. The first kappa shape index (κ1) is 33.0. The molecule has 0 aromatic heterocycles. The van der Waals surface area contributed by atoms with Gasteiger partial charge in [0, 0.05) is 88.6 Å². The first-order chi connectivity index (χ1) is 17.5. The summed E-state index contributed by atoms with van der Waals surface area (Å²) in [6.07, 6.45) is 0. The molecule has 0 saturated carbocycles. The van der Waals surface area contributed by atoms with Crippen LogP contribution >= 0.6 is 0 Å². The second-order valence-corrected chi connectivity index (χ2v) is 8.65. The number of amides is 6. The third kappa shape index (κ3) is 6.74. The maximum absolute atomic E-state index is 12.5. The zero-order chi connectivity index (χ0) is 27.0. The Balaban J connectivity index is 0.00000267. The molecule has 2 aliphatic rings. The van der Waals surface area contributed by atoms with Gasteiger partial charge in [0.15, 0.2) is 0 Å². The fourth-order valence-electron chi connectivity index (χ4n) is 3.86. The minimum absolute atomic E-state index is 0. The van der Waals surface area contributed by atoms with E-state index in [1.54, 1.807) is 13.8 Å². The summed E-state index contributed by atoms with van der Waals surface area (Å²) in [5.74, 6) is -4.54. The summed E-state index contributed by atoms with van der Waals surface area (Å²) in [4.78, 5) is 72.3. The molecule has 6 amide bonds. The third-order valence-corrected chi connectivity index (χ3v) is 5.75. The maximum Gasteiger partial charge on any atom is 0.285 e. The summed E-state index contributed by atoms with van der Waals surface area (Å²) >= 11 is 0. The Labute approximate surface area is 272 Å². The van der Waals surface area contributed by atoms with Crippen LogP contribution in [0, 0.1) is 0 Å². The Bertz CT molecular complexity index is 1270. The molecule has 2 unspecified atom stereocenters. The van der Waals surface area contributed by atoms with Crippen molar-refractivity contribution in [2.45, 2.75) is 25.9 Å². The van der Waals surface area contributed by atoms with E-state index in [1.165, 1.54) is 36.4 Å². The largest absolute Gasteiger partial charge is 0.377 e. The number of nitrogens with one attached hydrogen (secondary N) is 2. The van der Waals surface area contributed by atoms with Crippen LogP contribution in [0.25, 0.3) is 0 Å². The number of carbonyl (C=O) groups is 6. The molecule has 4 rings (SSSR count). The van der Waals surface area contributed by atoms with Crippen molar-refractivity contribution >= 4 is 35.4 Å². The minimum Gasteiger partial charge on any atom is -0.377 e. The van der Waals surface area contributed by atoms with E-state index >= 15 is 0 Å². The van der Waals surface area contributed by atoms with Gasteiger partial charge in [-0.25, -0.2) is 0 Å². The normalized spacial score (nSPS) is 15.2. The van der Waals surface area contributed by atoms with Gasteiger partial charge in [-0.2, -0.15) is 0 Å². The standard InChI is InChI=1S/C24H22N4O9.2Y/c1-11(25-19(29)13-3-5-15-17(7-13)23(33)27(35)21(15)31)9-37-10-12(2)26-20(30)14-4-6-16-18(8-14)24(34)28(36)22(16)32;;/h3-8,11-12,35-36H,9-10H2,1-2H3,(H,25,29)(H,26,30);;. The van der Waals surface area contributed by atoms with Gasteiger partial charge < -0.3 is 15.4 Å². The predicted molar refractivity (Wildman–Crippen MR) is 122 cm³/mol. The van der Waals surface area contributed by atoms with Gasteiger partial charge in [0.1, 0.15) is 0 Å². The number of carbonyl (C=O) groups excluding carboxylic acids is 6. The van der Waals surface area contributed by atoms with Gasteiger partial charge in [0.05, 0.1) is 35.5 Å².